The number of methoxy groups -OCH3 is 2. The normalized spacial score (nSPS) is 17.8. The Balaban J connectivity index is 1.45. The van der Waals surface area contributed by atoms with E-state index in [0.29, 0.717) is 5.82 Å². The number of ether oxygens (including phenoxy) is 2. The first kappa shape index (κ1) is 22.0. The third-order valence-corrected chi connectivity index (χ3v) is 6.23. The molecule has 1 unspecified atom stereocenters. The third kappa shape index (κ3) is 3.90. The van der Waals surface area contributed by atoms with Crippen LogP contribution in [-0.4, -0.2) is 38.5 Å². The maximum atomic E-state index is 13.5. The lowest BCUT2D eigenvalue weighted by atomic mass is 9.86. The van der Waals surface area contributed by atoms with Gasteiger partial charge in [-0.2, -0.15) is 5.10 Å². The highest BCUT2D eigenvalue weighted by Crippen LogP contribution is 2.39. The zero-order valence-electron chi connectivity index (χ0n) is 19.4. The number of rotatable bonds is 6. The molecule has 1 aliphatic heterocycles. The van der Waals surface area contributed by atoms with Crippen LogP contribution in [0.1, 0.15) is 41.3 Å². The van der Waals surface area contributed by atoms with Crippen LogP contribution >= 0.6 is 0 Å². The van der Waals surface area contributed by atoms with Gasteiger partial charge in [0.2, 0.25) is 0 Å². The van der Waals surface area contributed by atoms with Crippen LogP contribution in [-0.2, 0) is 16.9 Å². The van der Waals surface area contributed by atoms with Gasteiger partial charge in [-0.1, -0.05) is 24.3 Å². The molecule has 0 spiro atoms. The van der Waals surface area contributed by atoms with E-state index in [1.165, 1.54) is 12.1 Å². The van der Waals surface area contributed by atoms with Gasteiger partial charge >= 0.3 is 0 Å². The number of halogens is 1. The van der Waals surface area contributed by atoms with Crippen molar-refractivity contribution in [1.82, 2.24) is 24.3 Å². The van der Waals surface area contributed by atoms with E-state index in [9.17, 15) is 4.39 Å². The van der Waals surface area contributed by atoms with Crippen LogP contribution in [0.4, 0.5) is 4.39 Å². The maximum Gasteiger partial charge on any atom is 0.174 e. The van der Waals surface area contributed by atoms with Crippen LogP contribution in [0.2, 0.25) is 0 Å². The molecule has 2 aromatic heterocycles. The minimum Gasteiger partial charge on any atom is -0.495 e. The monoisotopic (exact) mass is 459 g/mol. The summed E-state index contributed by atoms with van der Waals surface area (Å²) in [5, 5.41) is 4.68. The Morgan fingerprint density at radius 1 is 1.09 bits per heavy atom. The summed E-state index contributed by atoms with van der Waals surface area (Å²) in [4.78, 5) is 9.09. The quantitative estimate of drug-likeness (QED) is 0.415. The van der Waals surface area contributed by atoms with E-state index in [4.69, 9.17) is 14.5 Å². The largest absolute Gasteiger partial charge is 0.495 e. The third-order valence-electron chi connectivity index (χ3n) is 6.23. The summed E-state index contributed by atoms with van der Waals surface area (Å²) in [5.74, 6) is 1.79. The molecule has 0 aliphatic carbocycles. The molecule has 3 heterocycles. The highest BCUT2D eigenvalue weighted by molar-refractivity contribution is 5.69. The van der Waals surface area contributed by atoms with Gasteiger partial charge in [0.25, 0.3) is 0 Å². The van der Waals surface area contributed by atoms with E-state index in [0.717, 1.165) is 53.5 Å². The molecule has 4 aromatic rings. The Morgan fingerprint density at radius 2 is 1.91 bits per heavy atom. The van der Waals surface area contributed by atoms with Gasteiger partial charge in [-0.15, -0.1) is 0 Å². The van der Waals surface area contributed by atoms with Crippen molar-refractivity contribution in [3.8, 4) is 11.4 Å². The van der Waals surface area contributed by atoms with E-state index in [1.54, 1.807) is 32.7 Å². The standard InChI is InChI=1S/C26H26FN5O2/c1-18-16-31(17-28-18)22-11-5-19(15-23(22)33-2)6-12-24-29-25-26(34-3,13-4-14-32(25)30-24)20-7-9-21(27)10-8-20/h5-12,15-17H,4,13-14H2,1-3H3. The Morgan fingerprint density at radius 3 is 2.62 bits per heavy atom. The fourth-order valence-corrected chi connectivity index (χ4v) is 4.51. The first-order valence-electron chi connectivity index (χ1n) is 11.2. The molecule has 2 aromatic carbocycles. The Bertz CT molecular complexity index is 1340. The predicted molar refractivity (Wildman–Crippen MR) is 127 cm³/mol. The summed E-state index contributed by atoms with van der Waals surface area (Å²) >= 11 is 0. The number of aromatic nitrogens is 5. The topological polar surface area (TPSA) is 67.0 Å². The van der Waals surface area contributed by atoms with Crippen LogP contribution in [0, 0.1) is 12.7 Å². The molecule has 0 saturated heterocycles. The van der Waals surface area contributed by atoms with Crippen LogP contribution in [0.3, 0.4) is 0 Å². The van der Waals surface area contributed by atoms with E-state index in [2.05, 4.69) is 10.1 Å². The Labute approximate surface area is 197 Å². The average molecular weight is 460 g/mol. The molecule has 0 N–H and O–H groups in total. The van der Waals surface area contributed by atoms with Gasteiger partial charge in [-0.05, 0) is 61.2 Å². The fourth-order valence-electron chi connectivity index (χ4n) is 4.51. The van der Waals surface area contributed by atoms with Crippen molar-refractivity contribution in [2.45, 2.75) is 31.9 Å². The van der Waals surface area contributed by atoms with Crippen molar-refractivity contribution in [2.75, 3.05) is 14.2 Å². The molecular weight excluding hydrogens is 433 g/mol. The minimum atomic E-state index is -0.751. The second kappa shape index (κ2) is 8.87. The molecule has 0 fully saturated rings. The number of aryl methyl sites for hydroxylation is 2. The lowest BCUT2D eigenvalue weighted by molar-refractivity contribution is -0.00954. The van der Waals surface area contributed by atoms with E-state index in [-0.39, 0.29) is 5.82 Å². The molecule has 0 bridgehead atoms. The SMILES string of the molecule is COc1cc(C=Cc2nc3n(n2)CCCC3(OC)c2ccc(F)cc2)ccc1-n1cnc(C)c1. The zero-order chi connectivity index (χ0) is 23.7. The predicted octanol–water partition coefficient (Wildman–Crippen LogP) is 4.77. The number of benzene rings is 2. The summed E-state index contributed by atoms with van der Waals surface area (Å²) in [5.41, 5.74) is 2.93. The van der Waals surface area contributed by atoms with Crippen LogP contribution < -0.4 is 4.74 Å². The van der Waals surface area contributed by atoms with Gasteiger partial charge in [-0.25, -0.2) is 19.0 Å². The number of imidazole rings is 1. The first-order valence-corrected chi connectivity index (χ1v) is 11.2. The van der Waals surface area contributed by atoms with Gasteiger partial charge < -0.3 is 14.0 Å². The van der Waals surface area contributed by atoms with Crippen molar-refractivity contribution in [3.05, 3.63) is 89.3 Å². The molecule has 0 saturated carbocycles. The second-order valence-corrected chi connectivity index (χ2v) is 8.35. The van der Waals surface area contributed by atoms with Crippen LogP contribution in [0.5, 0.6) is 5.75 Å². The van der Waals surface area contributed by atoms with Gasteiger partial charge in [0.15, 0.2) is 17.2 Å². The van der Waals surface area contributed by atoms with Crippen molar-refractivity contribution < 1.29 is 13.9 Å². The summed E-state index contributed by atoms with van der Waals surface area (Å²) in [6.07, 6.45) is 9.20. The van der Waals surface area contributed by atoms with E-state index >= 15 is 0 Å². The Kier molecular flexibility index (Phi) is 5.75. The van der Waals surface area contributed by atoms with Gasteiger partial charge in [0.05, 0.1) is 24.8 Å². The summed E-state index contributed by atoms with van der Waals surface area (Å²) < 4.78 is 29.0. The number of hydrogen-bond acceptors (Lipinski definition) is 5. The smallest absolute Gasteiger partial charge is 0.174 e. The van der Waals surface area contributed by atoms with E-state index < -0.39 is 5.60 Å². The zero-order valence-corrected chi connectivity index (χ0v) is 19.4. The molecule has 5 rings (SSSR count). The first-order chi connectivity index (χ1) is 16.5. The van der Waals surface area contributed by atoms with E-state index in [1.807, 2.05) is 52.7 Å². The van der Waals surface area contributed by atoms with Gasteiger partial charge in [0.1, 0.15) is 11.6 Å². The van der Waals surface area contributed by atoms with Gasteiger partial charge in [0, 0.05) is 19.9 Å². The van der Waals surface area contributed by atoms with Crippen LogP contribution in [0.15, 0.2) is 55.0 Å². The molecule has 34 heavy (non-hydrogen) atoms. The summed E-state index contributed by atoms with van der Waals surface area (Å²) in [6, 6.07) is 12.4. The molecule has 0 amide bonds. The van der Waals surface area contributed by atoms with Crippen LogP contribution in [0.25, 0.3) is 17.8 Å². The summed E-state index contributed by atoms with van der Waals surface area (Å²) in [7, 11) is 3.32. The highest BCUT2D eigenvalue weighted by Gasteiger charge is 2.41. The Hall–Kier alpha value is -3.78. The fraction of sp³-hybridized carbons (Fsp3) is 0.269. The minimum absolute atomic E-state index is 0.277. The lowest BCUT2D eigenvalue weighted by Gasteiger charge is -2.35. The summed E-state index contributed by atoms with van der Waals surface area (Å²) in [6.45, 7) is 2.71. The molecule has 8 heteroatoms. The van der Waals surface area contributed by atoms with Crippen molar-refractivity contribution in [2.24, 2.45) is 0 Å². The second-order valence-electron chi connectivity index (χ2n) is 8.35. The highest BCUT2D eigenvalue weighted by atomic mass is 19.1. The number of fused-ring (bicyclic) bond motifs is 1. The molecule has 1 aliphatic rings. The van der Waals surface area contributed by atoms with Crippen molar-refractivity contribution >= 4 is 12.2 Å². The molecular formula is C26H26FN5O2. The molecule has 174 valence electrons. The maximum absolute atomic E-state index is 13.5. The molecule has 1 atom stereocenters. The average Bonchev–Trinajstić information content (AvgIpc) is 3.49. The van der Waals surface area contributed by atoms with Crippen molar-refractivity contribution in [3.63, 3.8) is 0 Å². The number of hydrogen-bond donors (Lipinski definition) is 0. The molecule has 7 nitrogen and oxygen atoms in total. The molecule has 0 radical (unpaired) electrons. The number of nitrogens with zero attached hydrogens (tertiary/aromatic N) is 5. The van der Waals surface area contributed by atoms with Crippen molar-refractivity contribution in [1.29, 1.82) is 0 Å². The lowest BCUT2D eigenvalue weighted by Crippen LogP contribution is -2.37. The van der Waals surface area contributed by atoms with Gasteiger partial charge in [-0.3, -0.25) is 0 Å².